The zero-order valence-corrected chi connectivity index (χ0v) is 54.9. The molecule has 10 atom stereocenters. The quantitative estimate of drug-likeness (QED) is 0.0258. The normalized spacial score (nSPS) is 35.5. The van der Waals surface area contributed by atoms with E-state index in [4.69, 9.17) is 39.8 Å². The fourth-order valence-corrected chi connectivity index (χ4v) is 54.8. The van der Waals surface area contributed by atoms with Crippen LogP contribution in [0.5, 0.6) is 0 Å². The third-order valence-corrected chi connectivity index (χ3v) is 51.7. The van der Waals surface area contributed by atoms with E-state index < -0.39 is 26.4 Å². The highest BCUT2D eigenvalue weighted by Crippen LogP contribution is 2.75. The van der Waals surface area contributed by atoms with Crippen molar-refractivity contribution in [2.75, 3.05) is 59.5 Å². The summed E-state index contributed by atoms with van der Waals surface area (Å²) < 4.78 is 60.0. The van der Waals surface area contributed by atoms with Crippen LogP contribution in [0.3, 0.4) is 0 Å². The molecule has 6 bridgehead atoms. The second-order valence-corrected chi connectivity index (χ2v) is 47.0. The van der Waals surface area contributed by atoms with Crippen molar-refractivity contribution < 1.29 is 39.8 Å². The van der Waals surface area contributed by atoms with E-state index in [9.17, 15) is 0 Å². The van der Waals surface area contributed by atoms with Crippen molar-refractivity contribution in [2.24, 2.45) is 17.8 Å². The van der Waals surface area contributed by atoms with Gasteiger partial charge in [-0.2, -0.15) is 0 Å². The summed E-state index contributed by atoms with van der Waals surface area (Å²) in [5.74, 6) is 2.25. The van der Waals surface area contributed by atoms with E-state index in [1.54, 1.807) is 0 Å². The summed E-state index contributed by atoms with van der Waals surface area (Å²) in [6, 6.07) is 0. The van der Waals surface area contributed by atoms with Gasteiger partial charge in [-0.25, -0.2) is 0 Å². The third-order valence-electron chi connectivity index (χ3n) is 15.5. The van der Waals surface area contributed by atoms with Crippen LogP contribution < -0.4 is 0 Å². The highest BCUT2D eigenvalue weighted by Gasteiger charge is 2.68. The molecule has 396 valence electrons. The van der Waals surface area contributed by atoms with E-state index in [0.29, 0.717) is 81.3 Å². The van der Waals surface area contributed by atoms with Gasteiger partial charge in [0.2, 0.25) is 0 Å². The zero-order chi connectivity index (χ0) is 48.4. The summed E-state index contributed by atoms with van der Waals surface area (Å²) in [5, 5.41) is 0.535. The van der Waals surface area contributed by atoms with Gasteiger partial charge >= 0.3 is 26.4 Å². The highest BCUT2D eigenvalue weighted by molar-refractivity contribution is 9.29. The van der Waals surface area contributed by atoms with Crippen molar-refractivity contribution in [2.45, 2.75) is 199 Å². The van der Waals surface area contributed by atoms with Crippen molar-refractivity contribution in [1.29, 1.82) is 0 Å². The van der Waals surface area contributed by atoms with Crippen LogP contribution in [-0.4, -0.2) is 109 Å². The molecule has 0 aromatic rings. The lowest BCUT2D eigenvalue weighted by atomic mass is 9.99. The summed E-state index contributed by atoms with van der Waals surface area (Å²) in [7, 11) is 16.6. The molecule has 0 aromatic carbocycles. The van der Waals surface area contributed by atoms with Crippen LogP contribution >= 0.6 is 124 Å². The van der Waals surface area contributed by atoms with Crippen molar-refractivity contribution in [3.8, 4) is 0 Å². The largest absolute Gasteiger partial charge is 0.505 e. The molecular formula is C44H82O9S12Si3. The first-order valence-electron chi connectivity index (χ1n) is 25.9. The smallest absolute Gasteiger partial charge is 0.374 e. The van der Waals surface area contributed by atoms with Gasteiger partial charge in [-0.1, -0.05) is 64.8 Å². The molecule has 7 fully saturated rings. The topological polar surface area (TPSA) is 83.1 Å². The van der Waals surface area contributed by atoms with Gasteiger partial charge in [-0.15, -0.1) is 0 Å². The second kappa shape index (κ2) is 28.1. The molecule has 0 N–H and O–H groups in total. The first-order chi connectivity index (χ1) is 33.0. The van der Waals surface area contributed by atoms with Crippen LogP contribution in [0.1, 0.15) is 159 Å². The minimum absolute atomic E-state index is 0.0871. The lowest BCUT2D eigenvalue weighted by Gasteiger charge is -2.43. The summed E-state index contributed by atoms with van der Waals surface area (Å²) >= 11 is 0. The van der Waals surface area contributed by atoms with Crippen LogP contribution in [0.25, 0.3) is 0 Å². The molecule has 0 radical (unpaired) electrons. The summed E-state index contributed by atoms with van der Waals surface area (Å²) in [4.78, 5) is 0. The molecule has 0 aromatic heterocycles. The third kappa shape index (κ3) is 13.2. The first kappa shape index (κ1) is 60.1. The summed E-state index contributed by atoms with van der Waals surface area (Å²) in [6.07, 6.45) is 18.7. The SMILES string of the molecule is CCO[Si](OCC)(OCC)C1CC2CCC1(SSSSC1CCCC1(SSSSC13CCC(CC1[Si](OCC)(OCC)OCC)C3)SSSSC13CCC(CC1[Si](OCC)(OCC)OCC)C3)C2. The average molecular weight is 1220 g/mol. The number of fused-ring (bicyclic) bond motifs is 6. The van der Waals surface area contributed by atoms with Crippen LogP contribution in [0.2, 0.25) is 16.6 Å². The van der Waals surface area contributed by atoms with E-state index in [1.165, 1.54) is 96.3 Å². The Morgan fingerprint density at radius 1 is 0.368 bits per heavy atom. The van der Waals surface area contributed by atoms with Crippen molar-refractivity contribution in [1.82, 2.24) is 0 Å². The van der Waals surface area contributed by atoms with E-state index in [1.807, 2.05) is 59.0 Å². The predicted octanol–water partition coefficient (Wildman–Crippen LogP) is 17.4. The Morgan fingerprint density at radius 2 is 0.662 bits per heavy atom. The van der Waals surface area contributed by atoms with Gasteiger partial charge in [0.1, 0.15) is 0 Å². The Morgan fingerprint density at radius 3 is 0.956 bits per heavy atom. The molecule has 0 saturated heterocycles. The van der Waals surface area contributed by atoms with Crippen molar-refractivity contribution in [3.63, 3.8) is 0 Å². The second-order valence-electron chi connectivity index (χ2n) is 19.2. The first-order valence-corrected chi connectivity index (χ1v) is 45.8. The molecule has 68 heavy (non-hydrogen) atoms. The Balaban J connectivity index is 1.04. The number of rotatable bonds is 36. The highest BCUT2D eigenvalue weighted by atomic mass is 33.7. The van der Waals surface area contributed by atoms with E-state index in [-0.39, 0.29) is 18.3 Å². The van der Waals surface area contributed by atoms with Gasteiger partial charge in [0.25, 0.3) is 0 Å². The van der Waals surface area contributed by atoms with Gasteiger partial charge in [0.05, 0.1) is 4.08 Å². The Kier molecular flexibility index (Phi) is 24.8. The minimum atomic E-state index is -2.85. The molecule has 9 nitrogen and oxygen atoms in total. The van der Waals surface area contributed by atoms with Crippen LogP contribution in [0.4, 0.5) is 0 Å². The molecular weight excluding hydrogens is 1140 g/mol. The summed E-state index contributed by atoms with van der Waals surface area (Å²) in [6.45, 7) is 24.7. The molecule has 0 heterocycles. The number of hydrogen-bond acceptors (Lipinski definition) is 21. The van der Waals surface area contributed by atoms with Gasteiger partial charge in [0, 0.05) is 95.6 Å². The molecule has 10 unspecified atom stereocenters. The maximum absolute atomic E-state index is 6.62. The molecule has 7 saturated carbocycles. The standard InChI is InChI=1S/C44H82O9S12Si3/c1-10-45-66(46-11-2,47-12-3)38-28-34-21-25-41(38,31-34)55-61-60-54-37-20-19-24-44(37,58-64-62-56-42-26-22-35(32-42)29-39(42)67(48-13-4,49-14-5)50-15-6)59-65-63-57-43-27-23-36(33-43)30-40(43)68(51-16-7,52-17-8)53-18-9/h34-40H,10-33H2,1-9H3. The maximum atomic E-state index is 6.62. The molecule has 7 rings (SSSR count). The van der Waals surface area contributed by atoms with Gasteiger partial charge in [0.15, 0.2) is 0 Å². The number of hydrogen-bond donors (Lipinski definition) is 0. The fourth-order valence-electron chi connectivity index (χ4n) is 13.2. The lowest BCUT2D eigenvalue weighted by Crippen LogP contribution is -2.55. The summed E-state index contributed by atoms with van der Waals surface area (Å²) in [5.41, 5.74) is 1.07. The molecule has 0 aliphatic heterocycles. The van der Waals surface area contributed by atoms with Crippen molar-refractivity contribution >= 4 is 150 Å². The fraction of sp³-hybridized carbons (Fsp3) is 1.00. The maximum Gasteiger partial charge on any atom is 0.505 e. The molecule has 7 aliphatic rings. The Hall–Kier alpha value is 4.49. The molecule has 0 amide bonds. The van der Waals surface area contributed by atoms with E-state index >= 15 is 0 Å². The van der Waals surface area contributed by atoms with Gasteiger partial charge in [-0.3, -0.25) is 0 Å². The molecule has 7 aliphatic carbocycles. The average Bonchev–Trinajstić information content (AvgIpc) is 4.21. The van der Waals surface area contributed by atoms with Gasteiger partial charge < -0.3 is 39.8 Å². The molecule has 0 spiro atoms. The van der Waals surface area contributed by atoms with Gasteiger partial charge in [-0.05, 0) is 235 Å². The molecule has 24 heteroatoms. The van der Waals surface area contributed by atoms with E-state index in [0.717, 1.165) is 17.8 Å². The predicted molar refractivity (Wildman–Crippen MR) is 319 cm³/mol. The minimum Gasteiger partial charge on any atom is -0.374 e. The van der Waals surface area contributed by atoms with Crippen LogP contribution in [-0.2, 0) is 39.8 Å². The zero-order valence-electron chi connectivity index (χ0n) is 42.1. The van der Waals surface area contributed by atoms with E-state index in [2.05, 4.69) is 127 Å². The van der Waals surface area contributed by atoms with Crippen molar-refractivity contribution in [3.05, 3.63) is 0 Å². The Bertz CT molecular complexity index is 1430. The van der Waals surface area contributed by atoms with Crippen LogP contribution in [0.15, 0.2) is 0 Å². The Labute approximate surface area is 461 Å². The lowest BCUT2D eigenvalue weighted by molar-refractivity contribution is 0.0553. The monoisotopic (exact) mass is 1220 g/mol. The van der Waals surface area contributed by atoms with Crippen LogP contribution in [0, 0.1) is 17.8 Å².